The molecule has 0 heterocycles. The molecule has 0 aliphatic heterocycles. The molecule has 0 saturated heterocycles. The van der Waals surface area contributed by atoms with Crippen molar-refractivity contribution in [1.29, 1.82) is 0 Å². The van der Waals surface area contributed by atoms with Crippen molar-refractivity contribution in [2.75, 3.05) is 5.75 Å². The highest BCUT2D eigenvalue weighted by atomic mass is 32.2. The van der Waals surface area contributed by atoms with E-state index in [0.29, 0.717) is 6.42 Å². The third kappa shape index (κ3) is 7.83. The Bertz CT molecular complexity index is 753. The molecule has 0 spiro atoms. The first-order chi connectivity index (χ1) is 12.4. The average Bonchev–Trinajstić information content (AvgIpc) is 2.62. The van der Waals surface area contributed by atoms with Gasteiger partial charge in [0.15, 0.2) is 9.84 Å². The number of para-hydroxylation sites is 1. The van der Waals surface area contributed by atoms with Crippen LogP contribution in [0.5, 0.6) is 5.75 Å². The number of hydrogen-bond donors (Lipinski definition) is 0. The van der Waals surface area contributed by atoms with E-state index < -0.39 is 9.84 Å². The number of unbranched alkanes of at least 4 members (excludes halogenated alkanes) is 1. The fraction of sp³-hybridized carbons (Fsp3) is 0.381. The first-order valence-corrected chi connectivity index (χ1v) is 10.5. The largest absolute Gasteiger partial charge is 0.427 e. The third-order valence-corrected chi connectivity index (χ3v) is 5.45. The van der Waals surface area contributed by atoms with Crippen LogP contribution >= 0.6 is 0 Å². The summed E-state index contributed by atoms with van der Waals surface area (Å²) in [5, 5.41) is 0. The molecule has 0 saturated carbocycles. The van der Waals surface area contributed by atoms with Gasteiger partial charge in [0.2, 0.25) is 0 Å². The molecule has 0 atom stereocenters. The topological polar surface area (TPSA) is 60.4 Å². The molecule has 4 nitrogen and oxygen atoms in total. The van der Waals surface area contributed by atoms with Crippen molar-refractivity contribution in [2.45, 2.75) is 44.9 Å². The predicted molar refractivity (Wildman–Crippen MR) is 105 cm³/mol. The molecule has 26 heavy (non-hydrogen) atoms. The molecular weight excluding hydrogens is 348 g/mol. The van der Waals surface area contributed by atoms with Gasteiger partial charge >= 0.3 is 0 Å². The molecule has 2 rings (SSSR count). The molecule has 2 aromatic rings. The Hall–Kier alpha value is -2.14. The molecule has 142 valence electrons. The second-order valence-corrected chi connectivity index (χ2v) is 8.49. The van der Waals surface area contributed by atoms with Gasteiger partial charge in [-0.15, -0.1) is 0 Å². The second kappa shape index (κ2) is 11.5. The highest BCUT2D eigenvalue weighted by molar-refractivity contribution is 7.91. The zero-order valence-electron chi connectivity index (χ0n) is 15.7. The summed E-state index contributed by atoms with van der Waals surface area (Å²) >= 11 is 0. The van der Waals surface area contributed by atoms with Gasteiger partial charge in [-0.1, -0.05) is 69.7 Å². The third-order valence-electron chi connectivity index (χ3n) is 3.61. The SMILES string of the molecule is CC(C)Cc1ccccc1.CCCCS(=O)(=O)c1ccccc1OC=O. The molecule has 0 aromatic heterocycles. The minimum Gasteiger partial charge on any atom is -0.427 e. The van der Waals surface area contributed by atoms with Crippen molar-refractivity contribution >= 4 is 16.3 Å². The summed E-state index contributed by atoms with van der Waals surface area (Å²) in [5.41, 5.74) is 1.44. The Morgan fingerprint density at radius 3 is 2.19 bits per heavy atom. The van der Waals surface area contributed by atoms with Gasteiger partial charge in [0, 0.05) is 0 Å². The van der Waals surface area contributed by atoms with Gasteiger partial charge in [-0.05, 0) is 36.5 Å². The first-order valence-electron chi connectivity index (χ1n) is 8.86. The van der Waals surface area contributed by atoms with Crippen molar-refractivity contribution < 1.29 is 17.9 Å². The molecular formula is C21H28O4S. The molecule has 2 aromatic carbocycles. The normalized spacial score (nSPS) is 10.8. The number of sulfone groups is 1. The van der Waals surface area contributed by atoms with Crippen molar-refractivity contribution in [2.24, 2.45) is 5.92 Å². The summed E-state index contributed by atoms with van der Waals surface area (Å²) in [6.45, 7) is 6.64. The van der Waals surface area contributed by atoms with E-state index in [1.807, 2.05) is 6.92 Å². The molecule has 0 fully saturated rings. The summed E-state index contributed by atoms with van der Waals surface area (Å²) in [7, 11) is -3.36. The Kier molecular flexibility index (Phi) is 9.66. The minimum atomic E-state index is -3.36. The molecule has 0 aliphatic rings. The average molecular weight is 377 g/mol. The summed E-state index contributed by atoms with van der Waals surface area (Å²) in [6.07, 6.45) is 2.59. The summed E-state index contributed by atoms with van der Waals surface area (Å²) in [4.78, 5) is 10.3. The van der Waals surface area contributed by atoms with E-state index in [4.69, 9.17) is 0 Å². The Balaban J connectivity index is 0.000000289. The van der Waals surface area contributed by atoms with Gasteiger partial charge in [0.1, 0.15) is 10.6 Å². The highest BCUT2D eigenvalue weighted by Crippen LogP contribution is 2.24. The zero-order chi connectivity index (χ0) is 19.4. The molecule has 0 unspecified atom stereocenters. The van der Waals surface area contributed by atoms with Gasteiger partial charge in [-0.25, -0.2) is 8.42 Å². The van der Waals surface area contributed by atoms with E-state index in [1.165, 1.54) is 24.1 Å². The van der Waals surface area contributed by atoms with E-state index in [-0.39, 0.29) is 22.9 Å². The van der Waals surface area contributed by atoms with Crippen molar-refractivity contribution in [3.8, 4) is 5.75 Å². The fourth-order valence-electron chi connectivity index (χ4n) is 2.39. The lowest BCUT2D eigenvalue weighted by atomic mass is 10.0. The van der Waals surface area contributed by atoms with E-state index in [2.05, 4.69) is 48.9 Å². The van der Waals surface area contributed by atoms with Crippen LogP contribution in [0.3, 0.4) is 0 Å². The van der Waals surface area contributed by atoms with E-state index in [0.717, 1.165) is 12.3 Å². The van der Waals surface area contributed by atoms with Crippen LogP contribution in [0.25, 0.3) is 0 Å². The lowest BCUT2D eigenvalue weighted by Gasteiger charge is -2.07. The summed E-state index contributed by atoms with van der Waals surface area (Å²) < 4.78 is 28.4. The second-order valence-electron chi connectivity index (χ2n) is 6.42. The van der Waals surface area contributed by atoms with Gasteiger partial charge in [-0.3, -0.25) is 4.79 Å². The zero-order valence-corrected chi connectivity index (χ0v) is 16.5. The number of rotatable bonds is 8. The quantitative estimate of drug-likeness (QED) is 0.628. The molecule has 0 N–H and O–H groups in total. The van der Waals surface area contributed by atoms with Crippen LogP contribution in [-0.4, -0.2) is 20.6 Å². The van der Waals surface area contributed by atoms with E-state index in [9.17, 15) is 13.2 Å². The van der Waals surface area contributed by atoms with Crippen LogP contribution in [-0.2, 0) is 21.1 Å². The Morgan fingerprint density at radius 2 is 1.62 bits per heavy atom. The summed E-state index contributed by atoms with van der Waals surface area (Å²) in [5.74, 6) is 0.930. The maximum absolute atomic E-state index is 11.9. The number of hydrogen-bond acceptors (Lipinski definition) is 4. The van der Waals surface area contributed by atoms with Crippen LogP contribution in [0.15, 0.2) is 59.5 Å². The van der Waals surface area contributed by atoms with E-state index >= 15 is 0 Å². The van der Waals surface area contributed by atoms with Crippen LogP contribution in [0.1, 0.15) is 39.2 Å². The van der Waals surface area contributed by atoms with Gasteiger partial charge < -0.3 is 4.74 Å². The maximum atomic E-state index is 11.9. The molecule has 0 radical (unpaired) electrons. The molecule has 0 amide bonds. The van der Waals surface area contributed by atoms with Crippen LogP contribution in [0.4, 0.5) is 0 Å². The standard InChI is InChI=1S/C11H14O4S.C10H14/c1-2-3-8-16(13,14)11-7-5-4-6-10(11)15-9-12;1-9(2)8-10-6-4-3-5-7-10/h4-7,9H,2-3,8H2,1H3;3-7,9H,8H2,1-2H3. The Labute approximate surface area is 157 Å². The monoisotopic (exact) mass is 376 g/mol. The smallest absolute Gasteiger partial charge is 0.298 e. The maximum Gasteiger partial charge on any atom is 0.298 e. The van der Waals surface area contributed by atoms with Crippen molar-refractivity contribution in [3.05, 3.63) is 60.2 Å². The highest BCUT2D eigenvalue weighted by Gasteiger charge is 2.18. The van der Waals surface area contributed by atoms with Crippen LogP contribution in [0.2, 0.25) is 0 Å². The Morgan fingerprint density at radius 1 is 1.00 bits per heavy atom. The lowest BCUT2D eigenvalue weighted by Crippen LogP contribution is -2.08. The van der Waals surface area contributed by atoms with Crippen molar-refractivity contribution in [1.82, 2.24) is 0 Å². The minimum absolute atomic E-state index is 0.0722. The molecule has 0 bridgehead atoms. The number of carbonyl (C=O) groups excluding carboxylic acids is 1. The number of ether oxygens (including phenoxy) is 1. The summed E-state index contributed by atoms with van der Waals surface area (Å²) in [6, 6.07) is 16.8. The van der Waals surface area contributed by atoms with Gasteiger partial charge in [0.25, 0.3) is 6.47 Å². The lowest BCUT2D eigenvalue weighted by molar-refractivity contribution is -0.120. The fourth-order valence-corrected chi connectivity index (χ4v) is 3.98. The molecule has 0 aliphatic carbocycles. The van der Waals surface area contributed by atoms with E-state index in [1.54, 1.807) is 12.1 Å². The van der Waals surface area contributed by atoms with Crippen LogP contribution in [0, 0.1) is 5.92 Å². The number of carbonyl (C=O) groups is 1. The number of benzene rings is 2. The van der Waals surface area contributed by atoms with Crippen LogP contribution < -0.4 is 4.74 Å². The first kappa shape index (κ1) is 21.9. The van der Waals surface area contributed by atoms with Gasteiger partial charge in [-0.2, -0.15) is 0 Å². The van der Waals surface area contributed by atoms with Crippen molar-refractivity contribution in [3.63, 3.8) is 0 Å². The molecule has 5 heteroatoms. The predicted octanol–water partition coefficient (Wildman–Crippen LogP) is 4.68. The van der Waals surface area contributed by atoms with Gasteiger partial charge in [0.05, 0.1) is 5.75 Å².